The quantitative estimate of drug-likeness (QED) is 0.404. The topological polar surface area (TPSA) is 117 Å². The van der Waals surface area contributed by atoms with Crippen LogP contribution in [0.3, 0.4) is 0 Å². The highest BCUT2D eigenvalue weighted by Crippen LogP contribution is 2.21. The van der Waals surface area contributed by atoms with Crippen LogP contribution < -0.4 is 20.7 Å². The molecule has 0 radical (unpaired) electrons. The number of ether oxygens (including phenoxy) is 1. The summed E-state index contributed by atoms with van der Waals surface area (Å²) in [5.41, 5.74) is 2.55. The molecule has 0 bridgehead atoms. The van der Waals surface area contributed by atoms with Crippen LogP contribution in [-0.4, -0.2) is 66.4 Å². The maximum absolute atomic E-state index is 13.9. The predicted molar refractivity (Wildman–Crippen MR) is 158 cm³/mol. The van der Waals surface area contributed by atoms with E-state index in [1.165, 1.54) is 0 Å². The first-order valence-corrected chi connectivity index (χ1v) is 14.3. The van der Waals surface area contributed by atoms with Gasteiger partial charge in [0.05, 0.1) is 7.11 Å². The molecule has 2 heterocycles. The van der Waals surface area contributed by atoms with E-state index in [-0.39, 0.29) is 31.1 Å². The molecule has 9 heteroatoms. The molecular weight excluding hydrogens is 532 g/mol. The molecule has 2 saturated heterocycles. The molecule has 9 nitrogen and oxygen atoms in total. The summed E-state index contributed by atoms with van der Waals surface area (Å²) in [7, 11) is 1.58. The smallest absolute Gasteiger partial charge is 0.246 e. The molecule has 5 rings (SSSR count). The first-order chi connectivity index (χ1) is 20.4. The van der Waals surface area contributed by atoms with E-state index < -0.39 is 36.0 Å². The summed E-state index contributed by atoms with van der Waals surface area (Å²) in [6.45, 7) is 0.404. The second-order valence-corrected chi connectivity index (χ2v) is 10.8. The minimum Gasteiger partial charge on any atom is -0.497 e. The van der Waals surface area contributed by atoms with E-state index in [0.29, 0.717) is 25.1 Å². The van der Waals surface area contributed by atoms with Gasteiger partial charge in [0.25, 0.3) is 0 Å². The zero-order valence-corrected chi connectivity index (χ0v) is 23.6. The minimum atomic E-state index is -0.963. The molecule has 2 aliphatic rings. The van der Waals surface area contributed by atoms with E-state index in [2.05, 4.69) is 16.0 Å². The number of carbonyl (C=O) groups excluding carboxylic acids is 4. The average Bonchev–Trinajstić information content (AvgIpc) is 3.51. The number of rotatable bonds is 7. The molecule has 2 fully saturated rings. The number of methoxy groups -OCH3 is 1. The fraction of sp³-hybridized carbons (Fsp3) is 0.333. The Labute approximate surface area is 245 Å². The van der Waals surface area contributed by atoms with E-state index in [1.54, 1.807) is 24.1 Å². The normalized spacial score (nSPS) is 23.1. The van der Waals surface area contributed by atoms with Crippen LogP contribution in [0.4, 0.5) is 0 Å². The molecule has 0 aliphatic carbocycles. The maximum atomic E-state index is 13.9. The van der Waals surface area contributed by atoms with Crippen LogP contribution in [0.1, 0.15) is 29.5 Å². The van der Waals surface area contributed by atoms with Crippen molar-refractivity contribution in [3.8, 4) is 5.75 Å². The molecular formula is C33H36N4O5. The van der Waals surface area contributed by atoms with Gasteiger partial charge in [0, 0.05) is 25.8 Å². The zero-order chi connectivity index (χ0) is 29.5. The molecule has 218 valence electrons. The Kier molecular flexibility index (Phi) is 9.16. The Balaban J connectivity index is 1.48. The van der Waals surface area contributed by atoms with Crippen molar-refractivity contribution < 1.29 is 23.9 Å². The first-order valence-electron chi connectivity index (χ1n) is 14.3. The summed E-state index contributed by atoms with van der Waals surface area (Å²) in [5.74, 6) is -0.921. The Morgan fingerprint density at radius 1 is 0.643 bits per heavy atom. The summed E-state index contributed by atoms with van der Waals surface area (Å²) < 4.78 is 5.25. The Hall–Kier alpha value is -4.66. The van der Waals surface area contributed by atoms with Gasteiger partial charge in [0.2, 0.25) is 23.6 Å². The van der Waals surface area contributed by atoms with Gasteiger partial charge >= 0.3 is 0 Å². The molecule has 3 aromatic carbocycles. The van der Waals surface area contributed by atoms with Crippen molar-refractivity contribution in [2.45, 2.75) is 56.3 Å². The number of nitrogens with one attached hydrogen (secondary N) is 3. The maximum Gasteiger partial charge on any atom is 0.246 e. The molecule has 0 aromatic heterocycles. The second kappa shape index (κ2) is 13.3. The third kappa shape index (κ3) is 6.97. The van der Waals surface area contributed by atoms with E-state index in [0.717, 1.165) is 16.7 Å². The van der Waals surface area contributed by atoms with Crippen molar-refractivity contribution in [3.05, 3.63) is 102 Å². The summed E-state index contributed by atoms with van der Waals surface area (Å²) in [5, 5.41) is 8.74. The van der Waals surface area contributed by atoms with Gasteiger partial charge in [-0.1, -0.05) is 72.8 Å². The lowest BCUT2D eigenvalue weighted by molar-refractivity contribution is -0.143. The van der Waals surface area contributed by atoms with Gasteiger partial charge in [-0.2, -0.15) is 0 Å². The van der Waals surface area contributed by atoms with Gasteiger partial charge in [-0.05, 0) is 41.7 Å². The predicted octanol–water partition coefficient (Wildman–Crippen LogP) is 2.18. The second-order valence-electron chi connectivity index (χ2n) is 10.8. The highest BCUT2D eigenvalue weighted by Gasteiger charge is 2.40. The van der Waals surface area contributed by atoms with Gasteiger partial charge in [-0.25, -0.2) is 0 Å². The fourth-order valence-electron chi connectivity index (χ4n) is 5.63. The summed E-state index contributed by atoms with van der Waals surface area (Å²) in [6.07, 6.45) is 1.83. The minimum absolute atomic E-state index is 0.207. The highest BCUT2D eigenvalue weighted by atomic mass is 16.5. The van der Waals surface area contributed by atoms with Gasteiger partial charge in [-0.15, -0.1) is 0 Å². The van der Waals surface area contributed by atoms with Crippen molar-refractivity contribution in [2.24, 2.45) is 0 Å². The van der Waals surface area contributed by atoms with Crippen LogP contribution in [-0.2, 0) is 38.4 Å². The average molecular weight is 569 g/mol. The molecule has 2 aliphatic heterocycles. The van der Waals surface area contributed by atoms with Crippen LogP contribution in [0.25, 0.3) is 0 Å². The van der Waals surface area contributed by atoms with Crippen LogP contribution in [0.5, 0.6) is 5.75 Å². The Bertz CT molecular complexity index is 1400. The standard InChI is InChI=1S/C33H36N4O5/c1-42-25-16-14-24(15-17-25)20-27-30(38)34-26(19-22-9-4-2-5-10-22)31(39)36-28(21-23-11-6-3-7-12-23)33(41)37-18-8-13-29(37)32(40)35-27/h2-7,9-12,14-17,26-29H,8,13,18-21H2,1H3,(H,34,38)(H,35,40)(H,36,39)/t26-,27+,28+,29-/m1/s1. The van der Waals surface area contributed by atoms with Crippen molar-refractivity contribution in [2.75, 3.05) is 13.7 Å². The Morgan fingerprint density at radius 3 is 1.67 bits per heavy atom. The third-order valence-corrected chi connectivity index (χ3v) is 7.88. The van der Waals surface area contributed by atoms with Gasteiger partial charge in [0.15, 0.2) is 0 Å². The zero-order valence-electron chi connectivity index (χ0n) is 23.6. The van der Waals surface area contributed by atoms with Crippen molar-refractivity contribution in [3.63, 3.8) is 0 Å². The van der Waals surface area contributed by atoms with Gasteiger partial charge in [0.1, 0.15) is 29.9 Å². The lowest BCUT2D eigenvalue weighted by Crippen LogP contribution is -2.62. The molecule has 0 spiro atoms. The summed E-state index contributed by atoms with van der Waals surface area (Å²) >= 11 is 0. The summed E-state index contributed by atoms with van der Waals surface area (Å²) in [6, 6.07) is 22.6. The van der Waals surface area contributed by atoms with E-state index in [1.807, 2.05) is 72.8 Å². The Morgan fingerprint density at radius 2 is 1.12 bits per heavy atom. The van der Waals surface area contributed by atoms with Gasteiger partial charge in [-0.3, -0.25) is 19.2 Å². The monoisotopic (exact) mass is 568 g/mol. The number of benzene rings is 3. The van der Waals surface area contributed by atoms with E-state index in [4.69, 9.17) is 4.74 Å². The van der Waals surface area contributed by atoms with E-state index in [9.17, 15) is 19.2 Å². The largest absolute Gasteiger partial charge is 0.497 e. The van der Waals surface area contributed by atoms with Crippen LogP contribution in [0.15, 0.2) is 84.9 Å². The third-order valence-electron chi connectivity index (χ3n) is 7.88. The molecule has 3 N–H and O–H groups in total. The first kappa shape index (κ1) is 28.9. The lowest BCUT2D eigenvalue weighted by atomic mass is 9.99. The number of fused-ring (bicyclic) bond motifs is 1. The number of hydrogen-bond donors (Lipinski definition) is 3. The molecule has 4 amide bonds. The van der Waals surface area contributed by atoms with Gasteiger partial charge < -0.3 is 25.6 Å². The van der Waals surface area contributed by atoms with Crippen LogP contribution >= 0.6 is 0 Å². The SMILES string of the molecule is COc1ccc(C[C@@H]2NC(=O)[C@H]3CCCN3C(=O)[C@H](Cc3ccccc3)NC(=O)[C@@H](Cc3ccccc3)NC2=O)cc1. The fourth-order valence-corrected chi connectivity index (χ4v) is 5.63. The van der Waals surface area contributed by atoms with Crippen molar-refractivity contribution >= 4 is 23.6 Å². The number of carbonyl (C=O) groups is 4. The number of nitrogens with zero attached hydrogens (tertiary/aromatic N) is 1. The highest BCUT2D eigenvalue weighted by molar-refractivity contribution is 5.98. The molecule has 3 aromatic rings. The molecule has 4 atom stereocenters. The molecule has 0 saturated carbocycles. The summed E-state index contributed by atoms with van der Waals surface area (Å²) in [4.78, 5) is 56.7. The van der Waals surface area contributed by atoms with Crippen molar-refractivity contribution in [1.29, 1.82) is 0 Å². The lowest BCUT2D eigenvalue weighted by Gasteiger charge is -2.32. The molecule has 0 unspecified atom stereocenters. The van der Waals surface area contributed by atoms with Crippen LogP contribution in [0.2, 0.25) is 0 Å². The molecule has 42 heavy (non-hydrogen) atoms. The number of hydrogen-bond acceptors (Lipinski definition) is 5. The van der Waals surface area contributed by atoms with Crippen molar-refractivity contribution in [1.82, 2.24) is 20.9 Å². The van der Waals surface area contributed by atoms with E-state index >= 15 is 0 Å². The van der Waals surface area contributed by atoms with Crippen LogP contribution in [0, 0.1) is 0 Å². The number of amides is 4.